The highest BCUT2D eigenvalue weighted by atomic mass is 79.9. The Morgan fingerprint density at radius 2 is 1.89 bits per heavy atom. The van der Waals surface area contributed by atoms with Gasteiger partial charge in [-0.15, -0.1) is 0 Å². The van der Waals surface area contributed by atoms with E-state index in [1.807, 2.05) is 0 Å². The van der Waals surface area contributed by atoms with E-state index in [4.69, 9.17) is 0 Å². The SMILES string of the molecule is CCC1CCC(NCc2c(F)ccc(Br)c2F)CC1. The van der Waals surface area contributed by atoms with E-state index < -0.39 is 11.6 Å². The molecule has 0 aromatic heterocycles. The van der Waals surface area contributed by atoms with Gasteiger partial charge in [-0.25, -0.2) is 8.78 Å². The third kappa shape index (κ3) is 3.76. The molecule has 0 heterocycles. The number of nitrogens with one attached hydrogen (secondary N) is 1. The van der Waals surface area contributed by atoms with Crippen molar-refractivity contribution < 1.29 is 8.78 Å². The van der Waals surface area contributed by atoms with Gasteiger partial charge in [0, 0.05) is 18.2 Å². The Hall–Kier alpha value is -0.480. The third-order valence-corrected chi connectivity index (χ3v) is 4.74. The number of halogens is 3. The Kier molecular flexibility index (Phi) is 5.34. The summed E-state index contributed by atoms with van der Waals surface area (Å²) in [5, 5.41) is 3.29. The highest BCUT2D eigenvalue weighted by Gasteiger charge is 2.20. The van der Waals surface area contributed by atoms with E-state index >= 15 is 0 Å². The second kappa shape index (κ2) is 6.80. The second-order valence-corrected chi connectivity index (χ2v) is 6.18. The quantitative estimate of drug-likeness (QED) is 0.782. The maximum Gasteiger partial charge on any atom is 0.144 e. The van der Waals surface area contributed by atoms with Crippen LogP contribution in [-0.4, -0.2) is 6.04 Å². The predicted molar refractivity (Wildman–Crippen MR) is 76.9 cm³/mol. The van der Waals surface area contributed by atoms with Crippen molar-refractivity contribution in [2.24, 2.45) is 5.92 Å². The molecule has 0 bridgehead atoms. The summed E-state index contributed by atoms with van der Waals surface area (Å²) in [6.07, 6.45) is 5.89. The molecule has 19 heavy (non-hydrogen) atoms. The van der Waals surface area contributed by atoms with Gasteiger partial charge in [0.2, 0.25) is 0 Å². The summed E-state index contributed by atoms with van der Waals surface area (Å²) in [4.78, 5) is 0. The summed E-state index contributed by atoms with van der Waals surface area (Å²) in [5.41, 5.74) is 0.131. The van der Waals surface area contributed by atoms with Crippen LogP contribution in [0.4, 0.5) is 8.78 Å². The molecule has 0 amide bonds. The smallest absolute Gasteiger partial charge is 0.144 e. The lowest BCUT2D eigenvalue weighted by molar-refractivity contribution is 0.283. The van der Waals surface area contributed by atoms with Crippen molar-refractivity contribution >= 4 is 15.9 Å². The van der Waals surface area contributed by atoms with Gasteiger partial charge < -0.3 is 5.32 Å². The molecule has 4 heteroatoms. The van der Waals surface area contributed by atoms with Crippen LogP contribution in [0.5, 0.6) is 0 Å². The summed E-state index contributed by atoms with van der Waals surface area (Å²) in [6, 6.07) is 3.10. The molecule has 1 aliphatic rings. The minimum atomic E-state index is -0.491. The first kappa shape index (κ1) is 14.9. The van der Waals surface area contributed by atoms with Crippen LogP contribution in [0.25, 0.3) is 0 Å². The zero-order valence-electron chi connectivity index (χ0n) is 11.2. The molecule has 0 aliphatic heterocycles. The van der Waals surface area contributed by atoms with E-state index in [2.05, 4.69) is 28.2 Å². The van der Waals surface area contributed by atoms with Crippen molar-refractivity contribution in [1.82, 2.24) is 5.32 Å². The monoisotopic (exact) mass is 331 g/mol. The van der Waals surface area contributed by atoms with Crippen LogP contribution in [0.1, 0.15) is 44.6 Å². The van der Waals surface area contributed by atoms with Gasteiger partial charge in [0.15, 0.2) is 0 Å². The molecule has 1 fully saturated rings. The van der Waals surface area contributed by atoms with Crippen molar-refractivity contribution in [2.75, 3.05) is 0 Å². The molecule has 0 saturated heterocycles. The number of hydrogen-bond acceptors (Lipinski definition) is 1. The Labute approximate surface area is 121 Å². The first-order valence-electron chi connectivity index (χ1n) is 6.97. The molecule has 0 unspecified atom stereocenters. The average molecular weight is 332 g/mol. The fraction of sp³-hybridized carbons (Fsp3) is 0.600. The van der Waals surface area contributed by atoms with Gasteiger partial charge in [-0.3, -0.25) is 0 Å². The van der Waals surface area contributed by atoms with Crippen molar-refractivity contribution in [3.05, 3.63) is 33.8 Å². The number of hydrogen-bond donors (Lipinski definition) is 1. The summed E-state index contributed by atoms with van der Waals surface area (Å²) in [7, 11) is 0. The van der Waals surface area contributed by atoms with Crippen LogP contribution in [0.15, 0.2) is 16.6 Å². The lowest BCUT2D eigenvalue weighted by atomic mass is 9.84. The van der Waals surface area contributed by atoms with Gasteiger partial charge in [-0.05, 0) is 59.7 Å². The molecule has 1 nitrogen and oxygen atoms in total. The van der Waals surface area contributed by atoms with Gasteiger partial charge in [0.05, 0.1) is 4.47 Å². The Morgan fingerprint density at radius 3 is 2.53 bits per heavy atom. The lowest BCUT2D eigenvalue weighted by Gasteiger charge is -2.28. The molecule has 0 spiro atoms. The lowest BCUT2D eigenvalue weighted by Crippen LogP contribution is -2.33. The van der Waals surface area contributed by atoms with Gasteiger partial charge in [0.25, 0.3) is 0 Å². The Morgan fingerprint density at radius 1 is 1.21 bits per heavy atom. The van der Waals surface area contributed by atoms with E-state index in [1.165, 1.54) is 31.4 Å². The highest BCUT2D eigenvalue weighted by molar-refractivity contribution is 9.10. The molecule has 0 atom stereocenters. The largest absolute Gasteiger partial charge is 0.310 e. The van der Waals surface area contributed by atoms with Crippen LogP contribution in [0.2, 0.25) is 0 Å². The van der Waals surface area contributed by atoms with Crippen molar-refractivity contribution in [1.29, 1.82) is 0 Å². The molecular weight excluding hydrogens is 312 g/mol. The summed E-state index contributed by atoms with van der Waals surface area (Å²) in [6.45, 7) is 2.49. The molecule has 2 rings (SSSR count). The van der Waals surface area contributed by atoms with E-state index in [1.54, 1.807) is 0 Å². The van der Waals surface area contributed by atoms with Crippen molar-refractivity contribution in [3.63, 3.8) is 0 Å². The molecule has 106 valence electrons. The second-order valence-electron chi connectivity index (χ2n) is 5.33. The standard InChI is InChI=1S/C15H20BrF2N/c1-2-10-3-5-11(6-4-10)19-9-12-14(17)8-7-13(16)15(12)18/h7-8,10-11,19H,2-6,9H2,1H3. The fourth-order valence-electron chi connectivity index (χ4n) is 2.75. The number of benzene rings is 1. The van der Waals surface area contributed by atoms with Crippen LogP contribution in [-0.2, 0) is 6.54 Å². The van der Waals surface area contributed by atoms with Gasteiger partial charge >= 0.3 is 0 Å². The van der Waals surface area contributed by atoms with Crippen LogP contribution < -0.4 is 5.32 Å². The van der Waals surface area contributed by atoms with Crippen LogP contribution in [0.3, 0.4) is 0 Å². The average Bonchev–Trinajstić information content (AvgIpc) is 2.44. The van der Waals surface area contributed by atoms with E-state index in [0.29, 0.717) is 10.5 Å². The highest BCUT2D eigenvalue weighted by Crippen LogP contribution is 2.27. The summed E-state index contributed by atoms with van der Waals surface area (Å²) in [5.74, 6) is -0.136. The van der Waals surface area contributed by atoms with Crippen molar-refractivity contribution in [3.8, 4) is 0 Å². The van der Waals surface area contributed by atoms with E-state index in [0.717, 1.165) is 18.8 Å². The molecule has 0 radical (unpaired) electrons. The molecule has 1 saturated carbocycles. The van der Waals surface area contributed by atoms with Gasteiger partial charge in [-0.1, -0.05) is 13.3 Å². The zero-order valence-corrected chi connectivity index (χ0v) is 12.8. The predicted octanol–water partition coefficient (Wildman–Crippen LogP) is 4.79. The summed E-state index contributed by atoms with van der Waals surface area (Å²) >= 11 is 3.09. The van der Waals surface area contributed by atoms with Crippen molar-refractivity contribution in [2.45, 2.75) is 51.6 Å². The van der Waals surface area contributed by atoms with Crippen LogP contribution >= 0.6 is 15.9 Å². The Balaban J connectivity index is 1.91. The summed E-state index contributed by atoms with van der Waals surface area (Å²) < 4.78 is 27.7. The first-order valence-corrected chi connectivity index (χ1v) is 7.76. The molecule has 1 aromatic rings. The minimum absolute atomic E-state index is 0.131. The van der Waals surface area contributed by atoms with Crippen LogP contribution in [0, 0.1) is 17.6 Å². The zero-order chi connectivity index (χ0) is 13.8. The van der Waals surface area contributed by atoms with Gasteiger partial charge in [-0.2, -0.15) is 0 Å². The number of rotatable bonds is 4. The van der Waals surface area contributed by atoms with E-state index in [-0.39, 0.29) is 12.1 Å². The topological polar surface area (TPSA) is 12.0 Å². The molecule has 1 aromatic carbocycles. The van der Waals surface area contributed by atoms with E-state index in [9.17, 15) is 8.78 Å². The molecule has 1 N–H and O–H groups in total. The fourth-order valence-corrected chi connectivity index (χ4v) is 3.12. The normalized spacial score (nSPS) is 23.6. The molecular formula is C15H20BrF2N. The molecule has 1 aliphatic carbocycles. The first-order chi connectivity index (χ1) is 9.11. The van der Waals surface area contributed by atoms with Gasteiger partial charge in [0.1, 0.15) is 11.6 Å². The maximum atomic E-state index is 13.8. The maximum absolute atomic E-state index is 13.8. The third-order valence-electron chi connectivity index (χ3n) is 4.13. The Bertz CT molecular complexity index is 428. The minimum Gasteiger partial charge on any atom is -0.310 e.